The highest BCUT2D eigenvalue weighted by molar-refractivity contribution is 5.90. The molecule has 5 heteroatoms. The third-order valence-corrected chi connectivity index (χ3v) is 4.72. The van der Waals surface area contributed by atoms with Crippen molar-refractivity contribution in [3.05, 3.63) is 52.7 Å². The number of aliphatic hydroxyl groups excluding tert-OH is 1. The number of aliphatic carboxylic acids is 1. The van der Waals surface area contributed by atoms with Gasteiger partial charge in [0.1, 0.15) is 6.10 Å². The molecular weight excluding hydrogens is 304 g/mol. The summed E-state index contributed by atoms with van der Waals surface area (Å²) in [5.41, 5.74) is 3.45. The van der Waals surface area contributed by atoms with Crippen LogP contribution in [-0.2, 0) is 4.79 Å². The Bertz CT molecular complexity index is 758. The van der Waals surface area contributed by atoms with Crippen molar-refractivity contribution in [2.45, 2.75) is 52.3 Å². The summed E-state index contributed by atoms with van der Waals surface area (Å²) in [5.74, 6) is -0.899. The highest BCUT2D eigenvalue weighted by Gasteiger charge is 2.45. The number of benzene rings is 1. The number of hydrazine groups is 1. The summed E-state index contributed by atoms with van der Waals surface area (Å²) in [5, 5.41) is 24.1. The fourth-order valence-corrected chi connectivity index (χ4v) is 3.89. The zero-order valence-electron chi connectivity index (χ0n) is 14.7. The molecule has 0 bridgehead atoms. The van der Waals surface area contributed by atoms with Gasteiger partial charge in [0.2, 0.25) is 0 Å². The standard InChI is InChI=1S/C19H24N2O3/c1-11-17(18(23)24)12(2)21(19(3,4)5)20(11)15-10-16(22)14-9-7-6-8-13(14)15/h6-10,12,16,22H,1-5H3,(H,23,24). The van der Waals surface area contributed by atoms with Gasteiger partial charge in [0.15, 0.2) is 0 Å². The molecule has 0 aromatic heterocycles. The smallest absolute Gasteiger partial charge is 0.335 e. The highest BCUT2D eigenvalue weighted by atomic mass is 16.4. The monoisotopic (exact) mass is 328 g/mol. The third kappa shape index (κ3) is 2.36. The fraction of sp³-hybridized carbons (Fsp3) is 0.421. The average molecular weight is 328 g/mol. The number of carboxylic acids is 1. The van der Waals surface area contributed by atoms with Gasteiger partial charge >= 0.3 is 5.97 Å². The highest BCUT2D eigenvalue weighted by Crippen LogP contribution is 2.45. The third-order valence-electron chi connectivity index (χ3n) is 4.72. The predicted octanol–water partition coefficient (Wildman–Crippen LogP) is 3.15. The number of carbonyl (C=O) groups is 1. The number of carboxylic acid groups (broad SMARTS) is 1. The second-order valence-electron chi connectivity index (χ2n) is 7.39. The molecule has 1 aliphatic heterocycles. The SMILES string of the molecule is CC1=C(C(=O)O)C(C)N(C(C)(C)C)N1C1=CC(O)c2ccccc21. The van der Waals surface area contributed by atoms with Gasteiger partial charge in [-0.05, 0) is 46.3 Å². The number of fused-ring (bicyclic) bond motifs is 1. The summed E-state index contributed by atoms with van der Waals surface area (Å²) in [6.45, 7) is 9.93. The van der Waals surface area contributed by atoms with Crippen LogP contribution in [0.3, 0.4) is 0 Å². The van der Waals surface area contributed by atoms with E-state index in [1.807, 2.05) is 43.1 Å². The molecule has 1 aromatic carbocycles. The van der Waals surface area contributed by atoms with Crippen molar-refractivity contribution in [1.82, 2.24) is 10.0 Å². The number of aliphatic hydroxyl groups is 1. The summed E-state index contributed by atoms with van der Waals surface area (Å²) in [6.07, 6.45) is 1.12. The van der Waals surface area contributed by atoms with Crippen molar-refractivity contribution in [3.63, 3.8) is 0 Å². The van der Waals surface area contributed by atoms with Crippen LogP contribution in [0, 0.1) is 0 Å². The van der Waals surface area contributed by atoms with Crippen LogP contribution in [0.1, 0.15) is 51.8 Å². The molecule has 128 valence electrons. The number of rotatable bonds is 2. The number of hydrogen-bond donors (Lipinski definition) is 2. The van der Waals surface area contributed by atoms with Crippen molar-refractivity contribution in [1.29, 1.82) is 0 Å². The lowest BCUT2D eigenvalue weighted by Crippen LogP contribution is -2.52. The van der Waals surface area contributed by atoms with E-state index in [1.54, 1.807) is 6.08 Å². The Morgan fingerprint density at radius 3 is 2.42 bits per heavy atom. The molecule has 2 aliphatic rings. The molecule has 2 unspecified atom stereocenters. The predicted molar refractivity (Wildman–Crippen MR) is 92.6 cm³/mol. The Balaban J connectivity index is 2.17. The van der Waals surface area contributed by atoms with Gasteiger partial charge in [-0.3, -0.25) is 5.01 Å². The molecule has 2 atom stereocenters. The molecule has 1 heterocycles. The maximum Gasteiger partial charge on any atom is 0.335 e. The maximum atomic E-state index is 11.8. The number of hydrogen-bond acceptors (Lipinski definition) is 4. The van der Waals surface area contributed by atoms with E-state index in [1.165, 1.54) is 0 Å². The van der Waals surface area contributed by atoms with Gasteiger partial charge in [0.05, 0.1) is 17.3 Å². The minimum atomic E-state index is -0.899. The Hall–Kier alpha value is -2.11. The van der Waals surface area contributed by atoms with E-state index in [4.69, 9.17) is 0 Å². The summed E-state index contributed by atoms with van der Waals surface area (Å²) in [4.78, 5) is 11.8. The molecule has 0 spiro atoms. The van der Waals surface area contributed by atoms with Crippen LogP contribution in [0.15, 0.2) is 41.6 Å². The van der Waals surface area contributed by atoms with Gasteiger partial charge in [-0.15, -0.1) is 0 Å². The summed E-state index contributed by atoms with van der Waals surface area (Å²) in [7, 11) is 0. The summed E-state index contributed by atoms with van der Waals surface area (Å²) in [6, 6.07) is 7.45. The van der Waals surface area contributed by atoms with Gasteiger partial charge < -0.3 is 10.2 Å². The van der Waals surface area contributed by atoms with Gasteiger partial charge in [0, 0.05) is 16.8 Å². The Kier molecular flexibility index (Phi) is 3.81. The minimum absolute atomic E-state index is 0.256. The van der Waals surface area contributed by atoms with Crippen LogP contribution in [0.4, 0.5) is 0 Å². The van der Waals surface area contributed by atoms with Crippen LogP contribution < -0.4 is 0 Å². The lowest BCUT2D eigenvalue weighted by molar-refractivity contribution is -0.133. The van der Waals surface area contributed by atoms with Crippen molar-refractivity contribution in [2.24, 2.45) is 0 Å². The lowest BCUT2D eigenvalue weighted by Gasteiger charge is -2.44. The molecule has 2 N–H and O–H groups in total. The number of nitrogens with zero attached hydrogens (tertiary/aromatic N) is 2. The van der Waals surface area contributed by atoms with Gasteiger partial charge in [-0.1, -0.05) is 24.3 Å². The quantitative estimate of drug-likeness (QED) is 0.873. The first-order valence-corrected chi connectivity index (χ1v) is 8.17. The molecular formula is C19H24N2O3. The molecule has 5 nitrogen and oxygen atoms in total. The molecule has 1 aromatic rings. The van der Waals surface area contributed by atoms with Crippen LogP contribution in [-0.4, -0.2) is 37.8 Å². The van der Waals surface area contributed by atoms with Crippen molar-refractivity contribution >= 4 is 11.7 Å². The Morgan fingerprint density at radius 2 is 1.83 bits per heavy atom. The van der Waals surface area contributed by atoms with Gasteiger partial charge in [-0.25, -0.2) is 9.80 Å². The fourth-order valence-electron chi connectivity index (χ4n) is 3.89. The zero-order valence-corrected chi connectivity index (χ0v) is 14.7. The first kappa shape index (κ1) is 16.7. The molecule has 3 rings (SSSR count). The second-order valence-corrected chi connectivity index (χ2v) is 7.39. The Labute approximate surface area is 142 Å². The minimum Gasteiger partial charge on any atom is -0.478 e. The molecule has 0 saturated carbocycles. The summed E-state index contributed by atoms with van der Waals surface area (Å²) >= 11 is 0. The Morgan fingerprint density at radius 1 is 1.21 bits per heavy atom. The van der Waals surface area contributed by atoms with Crippen LogP contribution >= 0.6 is 0 Å². The van der Waals surface area contributed by atoms with Crippen molar-refractivity contribution in [3.8, 4) is 0 Å². The molecule has 0 fully saturated rings. The van der Waals surface area contributed by atoms with E-state index < -0.39 is 12.1 Å². The zero-order chi connectivity index (χ0) is 17.8. The van der Waals surface area contributed by atoms with E-state index in [0.29, 0.717) is 11.3 Å². The normalized spacial score (nSPS) is 24.4. The van der Waals surface area contributed by atoms with E-state index in [0.717, 1.165) is 16.8 Å². The maximum absolute atomic E-state index is 11.8. The van der Waals surface area contributed by atoms with Gasteiger partial charge in [-0.2, -0.15) is 0 Å². The molecule has 24 heavy (non-hydrogen) atoms. The van der Waals surface area contributed by atoms with E-state index in [9.17, 15) is 15.0 Å². The largest absolute Gasteiger partial charge is 0.478 e. The number of allylic oxidation sites excluding steroid dienone is 1. The molecule has 0 saturated heterocycles. The van der Waals surface area contributed by atoms with E-state index in [2.05, 4.69) is 25.8 Å². The van der Waals surface area contributed by atoms with E-state index in [-0.39, 0.29) is 11.6 Å². The van der Waals surface area contributed by atoms with Crippen molar-refractivity contribution < 1.29 is 15.0 Å². The van der Waals surface area contributed by atoms with Gasteiger partial charge in [0.25, 0.3) is 0 Å². The summed E-state index contributed by atoms with van der Waals surface area (Å²) < 4.78 is 0. The first-order chi connectivity index (χ1) is 11.1. The lowest BCUT2D eigenvalue weighted by atomic mass is 10.0. The first-order valence-electron chi connectivity index (χ1n) is 8.17. The van der Waals surface area contributed by atoms with Crippen molar-refractivity contribution in [2.75, 3.05) is 0 Å². The second kappa shape index (κ2) is 5.46. The molecule has 1 aliphatic carbocycles. The molecule has 0 amide bonds. The van der Waals surface area contributed by atoms with Crippen LogP contribution in [0.2, 0.25) is 0 Å². The molecule has 0 radical (unpaired) electrons. The van der Waals surface area contributed by atoms with Crippen LogP contribution in [0.5, 0.6) is 0 Å². The average Bonchev–Trinajstić information content (AvgIpc) is 2.93. The van der Waals surface area contributed by atoms with E-state index >= 15 is 0 Å². The topological polar surface area (TPSA) is 64.0 Å². The van der Waals surface area contributed by atoms with Crippen LogP contribution in [0.25, 0.3) is 5.70 Å².